The first-order valence-electron chi connectivity index (χ1n) is 11.2. The Morgan fingerprint density at radius 2 is 1.83 bits per heavy atom. The van der Waals surface area contributed by atoms with Gasteiger partial charge in [0.1, 0.15) is 5.75 Å². The minimum atomic E-state index is -0.373. The van der Waals surface area contributed by atoms with E-state index in [4.69, 9.17) is 16.3 Å². The van der Waals surface area contributed by atoms with Crippen molar-refractivity contribution in [2.24, 2.45) is 0 Å². The van der Waals surface area contributed by atoms with Gasteiger partial charge in [0.15, 0.2) is 5.13 Å². The van der Waals surface area contributed by atoms with Gasteiger partial charge in [0.2, 0.25) is 5.91 Å². The molecule has 4 rings (SSSR count). The lowest BCUT2D eigenvalue weighted by Gasteiger charge is -2.12. The summed E-state index contributed by atoms with van der Waals surface area (Å²) < 4.78 is 5.48. The van der Waals surface area contributed by atoms with E-state index in [1.54, 1.807) is 30.3 Å². The number of hydrogen-bond donors (Lipinski definition) is 2. The van der Waals surface area contributed by atoms with Crippen LogP contribution in [-0.2, 0) is 4.79 Å². The predicted molar refractivity (Wildman–Crippen MR) is 149 cm³/mol. The van der Waals surface area contributed by atoms with Crippen LogP contribution in [0, 0.1) is 0 Å². The fraction of sp³-hybridized carbons (Fsp3) is 0.148. The summed E-state index contributed by atoms with van der Waals surface area (Å²) in [5.74, 6) is 0.405. The highest BCUT2D eigenvalue weighted by Crippen LogP contribution is 2.29. The standard InChI is InChI=1S/C27H24ClN3O3S2/c1-3-34-22-12-10-18(11-13-22)24-16-35-27(30-24)31-25(32)17(2)36-23-9-5-8-21(15-23)29-26(33)19-6-4-7-20(28)14-19/h4-17H,3H2,1-2H3,(H,29,33)(H,30,31,32). The van der Waals surface area contributed by atoms with E-state index in [0.29, 0.717) is 28.0 Å². The number of anilines is 2. The number of nitrogens with one attached hydrogen (secondary N) is 2. The molecule has 2 N–H and O–H groups in total. The van der Waals surface area contributed by atoms with Gasteiger partial charge < -0.3 is 15.4 Å². The molecule has 184 valence electrons. The highest BCUT2D eigenvalue weighted by Gasteiger charge is 2.17. The normalized spacial score (nSPS) is 11.5. The lowest BCUT2D eigenvalue weighted by molar-refractivity contribution is -0.115. The summed E-state index contributed by atoms with van der Waals surface area (Å²) in [6, 6.07) is 21.8. The third-order valence-corrected chi connectivity index (χ3v) is 7.14. The molecular formula is C27H24ClN3O3S2. The predicted octanol–water partition coefficient (Wildman–Crippen LogP) is 7.23. The van der Waals surface area contributed by atoms with Crippen LogP contribution in [0.1, 0.15) is 24.2 Å². The average Bonchev–Trinajstić information content (AvgIpc) is 3.33. The molecule has 2 amide bonds. The summed E-state index contributed by atoms with van der Waals surface area (Å²) in [7, 11) is 0. The molecule has 1 unspecified atom stereocenters. The van der Waals surface area contributed by atoms with Crippen LogP contribution in [0.15, 0.2) is 83.1 Å². The summed E-state index contributed by atoms with van der Waals surface area (Å²) >= 11 is 8.76. The summed E-state index contributed by atoms with van der Waals surface area (Å²) in [6.07, 6.45) is 0. The first kappa shape index (κ1) is 25.8. The Hall–Kier alpha value is -3.33. The number of aromatic nitrogens is 1. The molecule has 36 heavy (non-hydrogen) atoms. The third-order valence-electron chi connectivity index (χ3n) is 5.06. The first-order valence-corrected chi connectivity index (χ1v) is 13.4. The van der Waals surface area contributed by atoms with E-state index < -0.39 is 0 Å². The molecule has 0 spiro atoms. The molecule has 0 saturated heterocycles. The summed E-state index contributed by atoms with van der Waals surface area (Å²) in [5.41, 5.74) is 2.86. The van der Waals surface area contributed by atoms with Gasteiger partial charge >= 0.3 is 0 Å². The van der Waals surface area contributed by atoms with Crippen LogP contribution in [0.4, 0.5) is 10.8 Å². The zero-order chi connectivity index (χ0) is 25.5. The quantitative estimate of drug-likeness (QED) is 0.220. The molecule has 6 nitrogen and oxygen atoms in total. The molecular weight excluding hydrogens is 514 g/mol. The van der Waals surface area contributed by atoms with Gasteiger partial charge in [0.25, 0.3) is 5.91 Å². The number of rotatable bonds is 9. The molecule has 0 radical (unpaired) electrons. The second-order valence-electron chi connectivity index (χ2n) is 7.74. The Labute approximate surface area is 223 Å². The number of nitrogens with zero attached hydrogens (tertiary/aromatic N) is 1. The molecule has 0 aliphatic rings. The highest BCUT2D eigenvalue weighted by atomic mass is 35.5. The molecule has 0 bridgehead atoms. The second-order valence-corrected chi connectivity index (χ2v) is 10.4. The van der Waals surface area contributed by atoms with E-state index in [2.05, 4.69) is 15.6 Å². The zero-order valence-electron chi connectivity index (χ0n) is 19.7. The SMILES string of the molecule is CCOc1ccc(-c2csc(NC(=O)C(C)Sc3cccc(NC(=O)c4cccc(Cl)c4)c3)n2)cc1. The lowest BCUT2D eigenvalue weighted by Crippen LogP contribution is -2.22. The van der Waals surface area contributed by atoms with Crippen molar-refractivity contribution in [2.75, 3.05) is 17.2 Å². The third kappa shape index (κ3) is 6.87. The summed E-state index contributed by atoms with van der Waals surface area (Å²) in [4.78, 5) is 30.7. The van der Waals surface area contributed by atoms with Gasteiger partial charge in [-0.2, -0.15) is 0 Å². The zero-order valence-corrected chi connectivity index (χ0v) is 22.0. The fourth-order valence-corrected chi connectivity index (χ4v) is 5.14. The van der Waals surface area contributed by atoms with Crippen molar-refractivity contribution < 1.29 is 14.3 Å². The molecule has 1 aromatic heterocycles. The van der Waals surface area contributed by atoms with E-state index in [9.17, 15) is 9.59 Å². The van der Waals surface area contributed by atoms with Crippen LogP contribution in [-0.4, -0.2) is 28.7 Å². The van der Waals surface area contributed by atoms with Gasteiger partial charge in [-0.15, -0.1) is 23.1 Å². The van der Waals surface area contributed by atoms with Gasteiger partial charge in [-0.3, -0.25) is 9.59 Å². The van der Waals surface area contributed by atoms with Crippen LogP contribution in [0.3, 0.4) is 0 Å². The molecule has 4 aromatic rings. The van der Waals surface area contributed by atoms with Gasteiger partial charge in [-0.25, -0.2) is 4.98 Å². The van der Waals surface area contributed by atoms with Crippen molar-refractivity contribution in [1.29, 1.82) is 0 Å². The van der Waals surface area contributed by atoms with Crippen molar-refractivity contribution in [3.05, 3.63) is 88.8 Å². The molecule has 0 aliphatic carbocycles. The highest BCUT2D eigenvalue weighted by molar-refractivity contribution is 8.00. The van der Waals surface area contributed by atoms with Crippen molar-refractivity contribution >= 4 is 57.3 Å². The van der Waals surface area contributed by atoms with Gasteiger partial charge in [0.05, 0.1) is 17.6 Å². The number of ether oxygens (including phenoxy) is 1. The van der Waals surface area contributed by atoms with Crippen molar-refractivity contribution in [2.45, 2.75) is 24.0 Å². The maximum atomic E-state index is 12.8. The Morgan fingerprint density at radius 3 is 2.58 bits per heavy atom. The summed E-state index contributed by atoms with van der Waals surface area (Å²) in [6.45, 7) is 4.39. The van der Waals surface area contributed by atoms with Crippen LogP contribution in [0.2, 0.25) is 5.02 Å². The van der Waals surface area contributed by atoms with Crippen molar-refractivity contribution in [1.82, 2.24) is 4.98 Å². The van der Waals surface area contributed by atoms with Crippen molar-refractivity contribution in [3.8, 4) is 17.0 Å². The minimum Gasteiger partial charge on any atom is -0.494 e. The van der Waals surface area contributed by atoms with Gasteiger partial charge in [0, 0.05) is 32.1 Å². The number of hydrogen-bond acceptors (Lipinski definition) is 6. The van der Waals surface area contributed by atoms with Crippen LogP contribution in [0.25, 0.3) is 11.3 Å². The van der Waals surface area contributed by atoms with Crippen LogP contribution < -0.4 is 15.4 Å². The van der Waals surface area contributed by atoms with Crippen LogP contribution >= 0.6 is 34.7 Å². The topological polar surface area (TPSA) is 80.3 Å². The lowest BCUT2D eigenvalue weighted by atomic mass is 10.2. The monoisotopic (exact) mass is 537 g/mol. The number of carbonyl (C=O) groups is 2. The smallest absolute Gasteiger partial charge is 0.255 e. The van der Waals surface area contributed by atoms with Gasteiger partial charge in [-0.1, -0.05) is 23.7 Å². The number of thiazole rings is 1. The Balaban J connectivity index is 1.34. The van der Waals surface area contributed by atoms with Gasteiger partial charge in [-0.05, 0) is 74.5 Å². The van der Waals surface area contributed by atoms with E-state index in [0.717, 1.165) is 21.9 Å². The number of carbonyl (C=O) groups excluding carboxylic acids is 2. The summed E-state index contributed by atoms with van der Waals surface area (Å²) in [5, 5.41) is 8.35. The second kappa shape index (κ2) is 12.1. The maximum absolute atomic E-state index is 12.8. The van der Waals surface area contributed by atoms with E-state index in [1.807, 2.05) is 61.7 Å². The Kier molecular flexibility index (Phi) is 8.64. The molecule has 0 aliphatic heterocycles. The number of thioether (sulfide) groups is 1. The molecule has 3 aromatic carbocycles. The first-order chi connectivity index (χ1) is 17.4. The van der Waals surface area contributed by atoms with E-state index in [-0.39, 0.29) is 17.1 Å². The van der Waals surface area contributed by atoms with E-state index in [1.165, 1.54) is 23.1 Å². The van der Waals surface area contributed by atoms with Crippen LogP contribution in [0.5, 0.6) is 5.75 Å². The molecule has 0 fully saturated rings. The number of halogens is 1. The Morgan fingerprint density at radius 1 is 1.06 bits per heavy atom. The molecule has 0 saturated carbocycles. The maximum Gasteiger partial charge on any atom is 0.255 e. The minimum absolute atomic E-state index is 0.152. The number of benzene rings is 3. The van der Waals surface area contributed by atoms with E-state index >= 15 is 0 Å². The number of amides is 2. The fourth-order valence-electron chi connectivity index (χ4n) is 3.30. The Bertz CT molecular complexity index is 1360. The average molecular weight is 538 g/mol. The largest absolute Gasteiger partial charge is 0.494 e. The molecule has 1 atom stereocenters. The van der Waals surface area contributed by atoms with Crippen molar-refractivity contribution in [3.63, 3.8) is 0 Å². The molecule has 1 heterocycles. The molecule has 9 heteroatoms.